The van der Waals surface area contributed by atoms with Crippen LogP contribution in [-0.2, 0) is 12.0 Å². The van der Waals surface area contributed by atoms with Crippen LogP contribution < -0.4 is 15.4 Å². The van der Waals surface area contributed by atoms with Crippen LogP contribution >= 0.6 is 23.8 Å². The van der Waals surface area contributed by atoms with Crippen LogP contribution in [-0.4, -0.2) is 16.1 Å². The van der Waals surface area contributed by atoms with E-state index in [0.29, 0.717) is 23.6 Å². The lowest BCUT2D eigenvalue weighted by Gasteiger charge is -2.21. The molecule has 166 valence electrons. The molecular weight excluding hydrogens is 444 g/mol. The van der Waals surface area contributed by atoms with Gasteiger partial charge >= 0.3 is 0 Å². The lowest BCUT2D eigenvalue weighted by Crippen LogP contribution is -2.34. The first-order chi connectivity index (χ1) is 15.1. The first kappa shape index (κ1) is 23.6. The Bertz CT molecular complexity index is 1130. The summed E-state index contributed by atoms with van der Waals surface area (Å²) in [6, 6.07) is 20.1. The quantitative estimate of drug-likeness (QED) is 0.314. The van der Waals surface area contributed by atoms with Gasteiger partial charge in [-0.3, -0.25) is 10.1 Å². The number of carbonyl (C=O) groups excluding carboxylic acids is 1. The molecule has 0 aliphatic heterocycles. The minimum absolute atomic E-state index is 0.0445. The number of amides is 1. The number of aromatic hydroxyl groups is 1. The van der Waals surface area contributed by atoms with E-state index in [0.717, 1.165) is 11.1 Å². The van der Waals surface area contributed by atoms with Crippen molar-refractivity contribution in [1.82, 2.24) is 5.32 Å². The van der Waals surface area contributed by atoms with Crippen LogP contribution in [0.1, 0.15) is 42.3 Å². The van der Waals surface area contributed by atoms with E-state index in [-0.39, 0.29) is 21.3 Å². The fourth-order valence-corrected chi connectivity index (χ4v) is 3.35. The van der Waals surface area contributed by atoms with Gasteiger partial charge in [0.2, 0.25) is 0 Å². The number of phenols is 1. The van der Waals surface area contributed by atoms with Gasteiger partial charge in [0.25, 0.3) is 5.91 Å². The lowest BCUT2D eigenvalue weighted by molar-refractivity contribution is 0.0977. The molecule has 0 aromatic heterocycles. The molecular formula is C25H25ClN2O3S. The second-order valence-electron chi connectivity index (χ2n) is 8.31. The van der Waals surface area contributed by atoms with Gasteiger partial charge in [0.15, 0.2) is 10.9 Å². The largest absolute Gasteiger partial charge is 0.504 e. The molecule has 0 saturated carbocycles. The van der Waals surface area contributed by atoms with Crippen LogP contribution in [0.15, 0.2) is 66.7 Å². The molecule has 0 aliphatic rings. The summed E-state index contributed by atoms with van der Waals surface area (Å²) in [4.78, 5) is 12.7. The molecule has 5 nitrogen and oxygen atoms in total. The van der Waals surface area contributed by atoms with Crippen molar-refractivity contribution >= 4 is 40.5 Å². The topological polar surface area (TPSA) is 70.6 Å². The van der Waals surface area contributed by atoms with Crippen LogP contribution in [0.25, 0.3) is 0 Å². The third-order valence-corrected chi connectivity index (χ3v) is 5.24. The summed E-state index contributed by atoms with van der Waals surface area (Å²) in [5, 5.41) is 16.0. The number of nitrogens with one attached hydrogen (secondary N) is 2. The number of rotatable bonds is 5. The van der Waals surface area contributed by atoms with Gasteiger partial charge < -0.3 is 15.2 Å². The standard InChI is InChI=1S/C25H25ClN2O3S/c1-25(2,3)18-13-20(26)22(29)21(14-18)27-24(32)28-23(30)17-10-7-11-19(12-17)31-15-16-8-5-4-6-9-16/h4-14,29H,15H2,1-3H3,(H2,27,28,30,32). The first-order valence-electron chi connectivity index (χ1n) is 10.1. The average Bonchev–Trinajstić information content (AvgIpc) is 2.75. The van der Waals surface area contributed by atoms with Gasteiger partial charge in [-0.25, -0.2) is 0 Å². The molecule has 0 fully saturated rings. The number of ether oxygens (including phenoxy) is 1. The number of benzene rings is 3. The predicted octanol–water partition coefficient (Wildman–Crippen LogP) is 6.05. The fourth-order valence-electron chi connectivity index (χ4n) is 2.92. The SMILES string of the molecule is CC(C)(C)c1cc(Cl)c(O)c(NC(=S)NC(=O)c2cccc(OCc3ccccc3)c2)c1. The molecule has 1 amide bonds. The highest BCUT2D eigenvalue weighted by Gasteiger charge is 2.19. The Kier molecular flexibility index (Phi) is 7.38. The number of phenolic OH excluding ortho intramolecular Hbond substituents is 1. The molecule has 3 N–H and O–H groups in total. The van der Waals surface area contributed by atoms with Crippen LogP contribution in [0.3, 0.4) is 0 Å². The second-order valence-corrected chi connectivity index (χ2v) is 9.13. The Labute approximate surface area is 198 Å². The molecule has 7 heteroatoms. The van der Waals surface area contributed by atoms with Crippen LogP contribution in [0.5, 0.6) is 11.5 Å². The van der Waals surface area contributed by atoms with Crippen molar-refractivity contribution in [3.05, 3.63) is 88.4 Å². The van der Waals surface area contributed by atoms with E-state index in [1.54, 1.807) is 36.4 Å². The van der Waals surface area contributed by atoms with Gasteiger partial charge in [0.1, 0.15) is 12.4 Å². The molecule has 3 aromatic carbocycles. The van der Waals surface area contributed by atoms with Gasteiger partial charge in [-0.1, -0.05) is 68.8 Å². The molecule has 32 heavy (non-hydrogen) atoms. The normalized spacial score (nSPS) is 11.0. The summed E-state index contributed by atoms with van der Waals surface area (Å²) in [6.45, 7) is 6.50. The van der Waals surface area contributed by atoms with Gasteiger partial charge in [-0.05, 0) is 59.1 Å². The zero-order chi connectivity index (χ0) is 23.3. The number of thiocarbonyl (C=S) groups is 1. The minimum Gasteiger partial charge on any atom is -0.504 e. The second kappa shape index (κ2) is 10.0. The Balaban J connectivity index is 1.66. The third kappa shape index (κ3) is 6.22. The Morgan fingerprint density at radius 2 is 1.78 bits per heavy atom. The molecule has 0 bridgehead atoms. The molecule has 3 rings (SSSR count). The van der Waals surface area contributed by atoms with E-state index in [1.807, 2.05) is 51.1 Å². The lowest BCUT2D eigenvalue weighted by atomic mass is 9.87. The van der Waals surface area contributed by atoms with Crippen molar-refractivity contribution in [1.29, 1.82) is 0 Å². The zero-order valence-electron chi connectivity index (χ0n) is 18.1. The highest BCUT2D eigenvalue weighted by molar-refractivity contribution is 7.80. The van der Waals surface area contributed by atoms with E-state index in [1.165, 1.54) is 0 Å². The molecule has 0 heterocycles. The molecule has 0 saturated heterocycles. The molecule has 0 radical (unpaired) electrons. The van der Waals surface area contributed by atoms with Crippen molar-refractivity contribution in [2.24, 2.45) is 0 Å². The monoisotopic (exact) mass is 468 g/mol. The van der Waals surface area contributed by atoms with Gasteiger partial charge in [-0.2, -0.15) is 0 Å². The number of anilines is 1. The summed E-state index contributed by atoms with van der Waals surface area (Å²) in [5.74, 6) is 0.0421. The summed E-state index contributed by atoms with van der Waals surface area (Å²) in [6.07, 6.45) is 0. The first-order valence-corrected chi connectivity index (χ1v) is 10.8. The zero-order valence-corrected chi connectivity index (χ0v) is 19.7. The predicted molar refractivity (Wildman–Crippen MR) is 133 cm³/mol. The molecule has 0 spiro atoms. The number of hydrogen-bond acceptors (Lipinski definition) is 4. The average molecular weight is 469 g/mol. The maximum atomic E-state index is 12.7. The third-order valence-electron chi connectivity index (χ3n) is 4.75. The van der Waals surface area contributed by atoms with Crippen molar-refractivity contribution in [3.8, 4) is 11.5 Å². The van der Waals surface area contributed by atoms with Gasteiger partial charge in [0.05, 0.1) is 10.7 Å². The maximum absolute atomic E-state index is 12.7. The smallest absolute Gasteiger partial charge is 0.257 e. The van der Waals surface area contributed by atoms with Crippen LogP contribution in [0.2, 0.25) is 5.02 Å². The van der Waals surface area contributed by atoms with Crippen molar-refractivity contribution in [2.45, 2.75) is 32.8 Å². The van der Waals surface area contributed by atoms with Crippen LogP contribution in [0.4, 0.5) is 5.69 Å². The van der Waals surface area contributed by atoms with Crippen molar-refractivity contribution in [2.75, 3.05) is 5.32 Å². The molecule has 0 unspecified atom stereocenters. The maximum Gasteiger partial charge on any atom is 0.257 e. The number of carbonyl (C=O) groups is 1. The Morgan fingerprint density at radius 3 is 2.47 bits per heavy atom. The Morgan fingerprint density at radius 1 is 1.06 bits per heavy atom. The summed E-state index contributed by atoms with van der Waals surface area (Å²) >= 11 is 11.4. The van der Waals surface area contributed by atoms with E-state index >= 15 is 0 Å². The van der Waals surface area contributed by atoms with Crippen molar-refractivity contribution < 1.29 is 14.6 Å². The van der Waals surface area contributed by atoms with E-state index in [4.69, 9.17) is 28.6 Å². The highest BCUT2D eigenvalue weighted by Crippen LogP contribution is 2.37. The van der Waals surface area contributed by atoms with Crippen molar-refractivity contribution in [3.63, 3.8) is 0 Å². The molecule has 3 aromatic rings. The summed E-state index contributed by atoms with van der Waals surface area (Å²) in [7, 11) is 0. The van der Waals surface area contributed by atoms with Crippen LogP contribution in [0, 0.1) is 0 Å². The summed E-state index contributed by atoms with van der Waals surface area (Å²) < 4.78 is 5.78. The number of hydrogen-bond donors (Lipinski definition) is 3. The fraction of sp³-hybridized carbons (Fsp3) is 0.200. The van der Waals surface area contributed by atoms with E-state index in [2.05, 4.69) is 10.6 Å². The minimum atomic E-state index is -0.398. The summed E-state index contributed by atoms with van der Waals surface area (Å²) in [5.41, 5.74) is 2.49. The van der Waals surface area contributed by atoms with E-state index in [9.17, 15) is 9.90 Å². The number of halogens is 1. The molecule has 0 aliphatic carbocycles. The molecule has 0 atom stereocenters. The van der Waals surface area contributed by atoms with E-state index < -0.39 is 5.91 Å². The van der Waals surface area contributed by atoms with Gasteiger partial charge in [-0.15, -0.1) is 0 Å². The Hall–Kier alpha value is -3.09. The van der Waals surface area contributed by atoms with Gasteiger partial charge in [0, 0.05) is 5.56 Å². The highest BCUT2D eigenvalue weighted by atomic mass is 35.5.